The summed E-state index contributed by atoms with van der Waals surface area (Å²) in [6, 6.07) is 32.1. The summed E-state index contributed by atoms with van der Waals surface area (Å²) in [6.07, 6.45) is 2.55. The number of hydrogen-bond acceptors (Lipinski definition) is 1. The predicted molar refractivity (Wildman–Crippen MR) is 127 cm³/mol. The molecule has 3 aromatic carbocycles. The molecule has 0 spiro atoms. The molecule has 0 radical (unpaired) electrons. The Balaban J connectivity index is 2.29. The number of nitrogens with zero attached hydrogens (tertiary/aromatic N) is 3. The molecule has 0 amide bonds. The zero-order valence-corrected chi connectivity index (χ0v) is 18.5. The summed E-state index contributed by atoms with van der Waals surface area (Å²) in [5, 5.41) is 5.00. The maximum atomic E-state index is 8.97. The second-order valence-electron chi connectivity index (χ2n) is 6.97. The van der Waals surface area contributed by atoms with Gasteiger partial charge in [-0.2, -0.15) is 0 Å². The van der Waals surface area contributed by atoms with Gasteiger partial charge in [0.1, 0.15) is 0 Å². The third-order valence-electron chi connectivity index (χ3n) is 5.45. The van der Waals surface area contributed by atoms with Crippen LogP contribution < -0.4 is 15.9 Å². The van der Waals surface area contributed by atoms with Crippen molar-refractivity contribution in [2.45, 2.75) is 25.8 Å². The summed E-state index contributed by atoms with van der Waals surface area (Å²) >= 11 is 4.42. The van der Waals surface area contributed by atoms with Crippen molar-refractivity contribution in [3.8, 4) is 0 Å². The average molecular weight is 454 g/mol. The molecule has 0 heterocycles. The molecule has 0 fully saturated rings. The van der Waals surface area contributed by atoms with E-state index in [1.54, 1.807) is 0 Å². The van der Waals surface area contributed by atoms with Crippen LogP contribution in [0.1, 0.15) is 19.8 Å². The van der Waals surface area contributed by atoms with E-state index >= 15 is 0 Å². The maximum absolute atomic E-state index is 8.97. The van der Waals surface area contributed by atoms with Crippen LogP contribution in [0.3, 0.4) is 0 Å². The molecule has 144 valence electrons. The van der Waals surface area contributed by atoms with Crippen molar-refractivity contribution in [2.24, 2.45) is 5.11 Å². The van der Waals surface area contributed by atoms with Crippen LogP contribution in [0.5, 0.6) is 0 Å². The van der Waals surface area contributed by atoms with Crippen molar-refractivity contribution >= 4 is 36.7 Å². The van der Waals surface area contributed by atoms with E-state index in [-0.39, 0.29) is 6.04 Å². The van der Waals surface area contributed by atoms with Gasteiger partial charge in [0, 0.05) is 0 Å². The zero-order valence-electron chi connectivity index (χ0n) is 16.0. The van der Waals surface area contributed by atoms with E-state index in [4.69, 9.17) is 5.53 Å². The fourth-order valence-corrected chi connectivity index (χ4v) is 11.4. The normalized spacial score (nSPS) is 13.7. The van der Waals surface area contributed by atoms with Gasteiger partial charge in [0.05, 0.1) is 0 Å². The van der Waals surface area contributed by atoms with Crippen LogP contribution in [0.15, 0.2) is 96.1 Å². The molecule has 0 saturated carbocycles. The molecule has 1 unspecified atom stereocenters. The molecule has 3 nitrogen and oxygen atoms in total. The van der Waals surface area contributed by atoms with E-state index in [0.29, 0.717) is 0 Å². The number of halogens is 1. The molecule has 1 atom stereocenters. The van der Waals surface area contributed by atoms with Crippen LogP contribution in [0.2, 0.25) is 0 Å². The van der Waals surface area contributed by atoms with E-state index in [9.17, 15) is 0 Å². The van der Waals surface area contributed by atoms with E-state index in [0.717, 1.165) is 19.0 Å². The van der Waals surface area contributed by atoms with E-state index in [1.165, 1.54) is 15.9 Å². The molecule has 5 heteroatoms. The Bertz CT molecular complexity index is 842. The second-order valence-corrected chi connectivity index (χ2v) is 16.0. The van der Waals surface area contributed by atoms with Crippen LogP contribution >= 0.6 is 20.8 Å². The Hall–Kier alpha value is -2.12. The van der Waals surface area contributed by atoms with Gasteiger partial charge in [0.25, 0.3) is 0 Å². The molecule has 0 saturated heterocycles. The van der Waals surface area contributed by atoms with E-state index in [2.05, 4.69) is 123 Å². The number of rotatable bonds is 8. The van der Waals surface area contributed by atoms with Crippen LogP contribution in [0.4, 0.5) is 0 Å². The number of hydrogen-bond donors (Lipinski definition) is 0. The Kier molecular flexibility index (Phi) is 6.57. The summed E-state index contributed by atoms with van der Waals surface area (Å²) in [5.41, 5.74) is 8.97. The van der Waals surface area contributed by atoms with Crippen LogP contribution in [-0.4, -0.2) is 12.2 Å². The molecule has 28 heavy (non-hydrogen) atoms. The van der Waals surface area contributed by atoms with Gasteiger partial charge >= 0.3 is 175 Å². The standard InChI is InChI=1S/C23H25BrN3P/c1-2-20(26-27-25)18-19-28(24,21-12-6-3-7-13-21,22-14-8-4-9-15-22)23-16-10-5-11-17-23/h3-17,20H,2,18-19H2,1H3. The molecule has 0 N–H and O–H groups in total. The first-order valence-electron chi connectivity index (χ1n) is 9.57. The molecule has 0 aliphatic carbocycles. The molecular weight excluding hydrogens is 429 g/mol. The Morgan fingerprint density at radius 3 is 1.54 bits per heavy atom. The fraction of sp³-hybridized carbons (Fsp3) is 0.217. The summed E-state index contributed by atoms with van der Waals surface area (Å²) in [4.78, 5) is 3.07. The third kappa shape index (κ3) is 3.73. The summed E-state index contributed by atoms with van der Waals surface area (Å²) in [7, 11) is 0. The SMILES string of the molecule is CCC(CCP(Br)(c1ccccc1)(c1ccccc1)c1ccccc1)N=[N+]=[N-]. The van der Waals surface area contributed by atoms with Crippen molar-refractivity contribution in [1.29, 1.82) is 0 Å². The topological polar surface area (TPSA) is 48.8 Å². The van der Waals surface area contributed by atoms with Gasteiger partial charge in [-0.1, -0.05) is 0 Å². The monoisotopic (exact) mass is 453 g/mol. The van der Waals surface area contributed by atoms with Crippen LogP contribution in [0.25, 0.3) is 10.4 Å². The minimum atomic E-state index is -2.92. The second kappa shape index (κ2) is 8.92. The van der Waals surface area contributed by atoms with Gasteiger partial charge in [0.15, 0.2) is 0 Å². The predicted octanol–water partition coefficient (Wildman–Crippen LogP) is 6.31. The fourth-order valence-electron chi connectivity index (χ4n) is 3.86. The quantitative estimate of drug-likeness (QED) is 0.166. The first-order chi connectivity index (χ1) is 13.6. The molecular formula is C23H25BrN3P. The van der Waals surface area contributed by atoms with Gasteiger partial charge < -0.3 is 0 Å². The van der Waals surface area contributed by atoms with Crippen molar-refractivity contribution < 1.29 is 0 Å². The van der Waals surface area contributed by atoms with Gasteiger partial charge in [-0.3, -0.25) is 0 Å². The number of benzene rings is 3. The zero-order chi connectivity index (χ0) is 19.9. The van der Waals surface area contributed by atoms with E-state index < -0.39 is 5.31 Å². The van der Waals surface area contributed by atoms with Crippen LogP contribution in [-0.2, 0) is 0 Å². The summed E-state index contributed by atoms with van der Waals surface area (Å²) in [5.74, 6) is 0. The van der Waals surface area contributed by atoms with E-state index in [1.807, 2.05) is 0 Å². The molecule has 3 rings (SSSR count). The minimum absolute atomic E-state index is 0.0137. The Morgan fingerprint density at radius 1 is 0.821 bits per heavy atom. The average Bonchev–Trinajstić information content (AvgIpc) is 2.78. The number of azide groups is 1. The van der Waals surface area contributed by atoms with Crippen molar-refractivity contribution in [2.75, 3.05) is 6.16 Å². The molecule has 0 aliphatic rings. The van der Waals surface area contributed by atoms with Crippen LogP contribution in [0, 0.1) is 0 Å². The van der Waals surface area contributed by atoms with Gasteiger partial charge in [-0.15, -0.1) is 0 Å². The summed E-state index contributed by atoms with van der Waals surface area (Å²) < 4.78 is 0. The van der Waals surface area contributed by atoms with Crippen molar-refractivity contribution in [3.05, 3.63) is 101 Å². The van der Waals surface area contributed by atoms with Crippen molar-refractivity contribution in [3.63, 3.8) is 0 Å². The van der Waals surface area contributed by atoms with Gasteiger partial charge in [-0.25, -0.2) is 0 Å². The van der Waals surface area contributed by atoms with Gasteiger partial charge in [0.2, 0.25) is 0 Å². The van der Waals surface area contributed by atoms with Gasteiger partial charge in [-0.05, 0) is 0 Å². The first kappa shape index (κ1) is 20.6. The molecule has 3 aromatic rings. The van der Waals surface area contributed by atoms with Crippen molar-refractivity contribution in [1.82, 2.24) is 0 Å². The molecule has 0 bridgehead atoms. The first-order valence-corrected chi connectivity index (χ1v) is 14.0. The summed E-state index contributed by atoms with van der Waals surface area (Å²) in [6.45, 7) is 2.08. The third-order valence-corrected chi connectivity index (χ3v) is 15.4. The Morgan fingerprint density at radius 2 is 1.21 bits per heavy atom. The molecule has 0 aromatic heterocycles. The Labute approximate surface area is 175 Å². The molecule has 0 aliphatic heterocycles.